The third-order valence-electron chi connectivity index (χ3n) is 5.04. The number of rotatable bonds is 20. The summed E-state index contributed by atoms with van der Waals surface area (Å²) >= 11 is 0. The van der Waals surface area contributed by atoms with E-state index in [9.17, 15) is 0 Å². The van der Waals surface area contributed by atoms with Crippen LogP contribution in [0.3, 0.4) is 0 Å². The Morgan fingerprint density at radius 2 is 0.792 bits per heavy atom. The molecule has 0 radical (unpaired) electrons. The van der Waals surface area contributed by atoms with Crippen LogP contribution in [0.5, 0.6) is 0 Å². The van der Waals surface area contributed by atoms with Crippen LogP contribution in [-0.2, 0) is 0 Å². The van der Waals surface area contributed by atoms with E-state index in [1.807, 2.05) is 0 Å². The van der Waals surface area contributed by atoms with Crippen molar-refractivity contribution in [3.63, 3.8) is 0 Å². The van der Waals surface area contributed by atoms with Gasteiger partial charge in [-0.25, -0.2) is 0 Å². The second-order valence-electron chi connectivity index (χ2n) is 7.51. The summed E-state index contributed by atoms with van der Waals surface area (Å²) in [6.07, 6.45) is 21.8. The maximum absolute atomic E-state index is 9.09. The molecule has 0 unspecified atom stereocenters. The van der Waals surface area contributed by atoms with Crippen molar-refractivity contribution >= 4 is 0 Å². The molecular weight excluding hydrogens is 294 g/mol. The SMILES string of the molecule is CCCCCCCCCCN(CCCO)CCCCCCCCC. The Kier molecular flexibility index (Phi) is 20.9. The number of hydrogen-bond donors (Lipinski definition) is 1. The van der Waals surface area contributed by atoms with Crippen LogP contribution >= 0.6 is 0 Å². The van der Waals surface area contributed by atoms with E-state index in [-0.39, 0.29) is 0 Å². The van der Waals surface area contributed by atoms with Crippen molar-refractivity contribution in [3.05, 3.63) is 0 Å². The highest BCUT2D eigenvalue weighted by atomic mass is 16.3. The zero-order valence-corrected chi connectivity index (χ0v) is 17.0. The standard InChI is InChI=1S/C22H47NO/c1-3-5-7-9-11-13-15-17-20-23(21-18-22-24)19-16-14-12-10-8-6-4-2/h24H,3-22H2,1-2H3. The molecule has 146 valence electrons. The van der Waals surface area contributed by atoms with Crippen molar-refractivity contribution in [1.29, 1.82) is 0 Å². The van der Waals surface area contributed by atoms with E-state index >= 15 is 0 Å². The third kappa shape index (κ3) is 18.3. The molecule has 1 N–H and O–H groups in total. The van der Waals surface area contributed by atoms with Gasteiger partial charge in [-0.2, -0.15) is 0 Å². The Bertz CT molecular complexity index is 220. The summed E-state index contributed by atoms with van der Waals surface area (Å²) in [6.45, 7) is 8.47. The first-order valence-electron chi connectivity index (χ1n) is 11.2. The van der Waals surface area contributed by atoms with Gasteiger partial charge in [0.2, 0.25) is 0 Å². The summed E-state index contributed by atoms with van der Waals surface area (Å²) in [5.74, 6) is 0. The zero-order valence-electron chi connectivity index (χ0n) is 17.0. The van der Waals surface area contributed by atoms with Crippen LogP contribution in [0.15, 0.2) is 0 Å². The minimum Gasteiger partial charge on any atom is -0.396 e. The molecule has 0 aliphatic carbocycles. The van der Waals surface area contributed by atoms with Crippen LogP contribution in [0.25, 0.3) is 0 Å². The molecule has 0 aromatic heterocycles. The average Bonchev–Trinajstić information content (AvgIpc) is 2.60. The van der Waals surface area contributed by atoms with Gasteiger partial charge in [-0.1, -0.05) is 97.3 Å². The Labute approximate surface area is 153 Å². The number of aliphatic hydroxyl groups is 1. The van der Waals surface area contributed by atoms with Crippen LogP contribution < -0.4 is 0 Å². The van der Waals surface area contributed by atoms with E-state index < -0.39 is 0 Å². The minimum absolute atomic E-state index is 0.338. The van der Waals surface area contributed by atoms with Crippen molar-refractivity contribution in [2.24, 2.45) is 0 Å². The molecular formula is C22H47NO. The molecule has 0 rings (SSSR count). The fourth-order valence-corrected chi connectivity index (χ4v) is 3.39. The summed E-state index contributed by atoms with van der Waals surface area (Å²) in [4.78, 5) is 2.60. The van der Waals surface area contributed by atoms with E-state index in [4.69, 9.17) is 5.11 Å². The molecule has 0 saturated carbocycles. The van der Waals surface area contributed by atoms with Crippen molar-refractivity contribution in [1.82, 2.24) is 4.90 Å². The van der Waals surface area contributed by atoms with E-state index in [1.165, 1.54) is 109 Å². The number of nitrogens with zero attached hydrogens (tertiary/aromatic N) is 1. The second-order valence-corrected chi connectivity index (χ2v) is 7.51. The van der Waals surface area contributed by atoms with Gasteiger partial charge in [0.05, 0.1) is 0 Å². The Hall–Kier alpha value is -0.0800. The van der Waals surface area contributed by atoms with Crippen molar-refractivity contribution < 1.29 is 5.11 Å². The third-order valence-corrected chi connectivity index (χ3v) is 5.04. The van der Waals surface area contributed by atoms with Crippen LogP contribution in [-0.4, -0.2) is 36.2 Å². The molecule has 2 heteroatoms. The van der Waals surface area contributed by atoms with Crippen LogP contribution in [0.4, 0.5) is 0 Å². The summed E-state index contributed by atoms with van der Waals surface area (Å²) in [7, 11) is 0. The van der Waals surface area contributed by atoms with E-state index in [1.54, 1.807) is 0 Å². The van der Waals surface area contributed by atoms with Gasteiger partial charge >= 0.3 is 0 Å². The molecule has 0 amide bonds. The van der Waals surface area contributed by atoms with Crippen molar-refractivity contribution in [3.8, 4) is 0 Å². The molecule has 0 spiro atoms. The Morgan fingerprint density at radius 3 is 1.17 bits per heavy atom. The van der Waals surface area contributed by atoms with Gasteiger partial charge in [-0.15, -0.1) is 0 Å². The lowest BCUT2D eigenvalue weighted by Crippen LogP contribution is -2.27. The molecule has 0 aliphatic heterocycles. The van der Waals surface area contributed by atoms with Gasteiger partial charge in [0, 0.05) is 13.2 Å². The molecule has 0 aromatic carbocycles. The van der Waals surface area contributed by atoms with Gasteiger partial charge in [-0.3, -0.25) is 0 Å². The summed E-state index contributed by atoms with van der Waals surface area (Å²) in [5, 5.41) is 9.09. The summed E-state index contributed by atoms with van der Waals surface area (Å²) in [6, 6.07) is 0. The van der Waals surface area contributed by atoms with Crippen molar-refractivity contribution in [2.75, 3.05) is 26.2 Å². The predicted octanol–water partition coefficient (Wildman–Crippen LogP) is 6.56. The largest absolute Gasteiger partial charge is 0.396 e. The number of hydrogen-bond acceptors (Lipinski definition) is 2. The first-order valence-corrected chi connectivity index (χ1v) is 11.2. The summed E-state index contributed by atoms with van der Waals surface area (Å²) in [5.41, 5.74) is 0. The molecule has 0 fully saturated rings. The maximum Gasteiger partial charge on any atom is 0.0443 e. The minimum atomic E-state index is 0.338. The average molecular weight is 342 g/mol. The molecule has 2 nitrogen and oxygen atoms in total. The van der Waals surface area contributed by atoms with Gasteiger partial charge < -0.3 is 10.0 Å². The van der Waals surface area contributed by atoms with Crippen LogP contribution in [0.2, 0.25) is 0 Å². The molecule has 0 aliphatic rings. The Morgan fingerprint density at radius 1 is 0.458 bits per heavy atom. The van der Waals surface area contributed by atoms with Crippen molar-refractivity contribution in [2.45, 2.75) is 117 Å². The van der Waals surface area contributed by atoms with E-state index in [0.717, 1.165) is 13.0 Å². The lowest BCUT2D eigenvalue weighted by molar-refractivity contribution is 0.217. The number of unbranched alkanes of at least 4 members (excludes halogenated alkanes) is 13. The van der Waals surface area contributed by atoms with E-state index in [0.29, 0.717) is 6.61 Å². The highest BCUT2D eigenvalue weighted by Crippen LogP contribution is 2.11. The van der Waals surface area contributed by atoms with E-state index in [2.05, 4.69) is 18.7 Å². The van der Waals surface area contributed by atoms with Crippen LogP contribution in [0, 0.1) is 0 Å². The number of aliphatic hydroxyl groups excluding tert-OH is 1. The first kappa shape index (κ1) is 23.9. The topological polar surface area (TPSA) is 23.5 Å². The molecule has 0 atom stereocenters. The molecule has 0 saturated heterocycles. The zero-order chi connectivity index (χ0) is 17.7. The normalized spacial score (nSPS) is 11.5. The smallest absolute Gasteiger partial charge is 0.0443 e. The molecule has 0 heterocycles. The fraction of sp³-hybridized carbons (Fsp3) is 1.00. The molecule has 0 aromatic rings. The monoisotopic (exact) mass is 341 g/mol. The quantitative estimate of drug-likeness (QED) is 0.253. The highest BCUT2D eigenvalue weighted by Gasteiger charge is 2.04. The Balaban J connectivity index is 3.55. The summed E-state index contributed by atoms with van der Waals surface area (Å²) < 4.78 is 0. The second kappa shape index (κ2) is 21.0. The molecule has 24 heavy (non-hydrogen) atoms. The van der Waals surface area contributed by atoms with Gasteiger partial charge in [0.15, 0.2) is 0 Å². The van der Waals surface area contributed by atoms with Gasteiger partial charge in [0.25, 0.3) is 0 Å². The van der Waals surface area contributed by atoms with Gasteiger partial charge in [0.1, 0.15) is 0 Å². The first-order chi connectivity index (χ1) is 11.8. The lowest BCUT2D eigenvalue weighted by Gasteiger charge is -2.22. The maximum atomic E-state index is 9.09. The van der Waals surface area contributed by atoms with Gasteiger partial charge in [-0.05, 0) is 32.4 Å². The highest BCUT2D eigenvalue weighted by molar-refractivity contribution is 4.59. The fourth-order valence-electron chi connectivity index (χ4n) is 3.39. The molecule has 0 bridgehead atoms. The predicted molar refractivity (Wildman–Crippen MR) is 109 cm³/mol. The van der Waals surface area contributed by atoms with Crippen LogP contribution in [0.1, 0.15) is 117 Å². The lowest BCUT2D eigenvalue weighted by atomic mass is 10.1.